The Morgan fingerprint density at radius 2 is 1.33 bits per heavy atom. The zero-order valence-electron chi connectivity index (χ0n) is 11.1. The van der Waals surface area contributed by atoms with Crippen LogP contribution in [0.3, 0.4) is 0 Å². The first kappa shape index (κ1) is 19.3. The number of hydrogen-bond donors (Lipinski definition) is 1. The second-order valence-electron chi connectivity index (χ2n) is 4.08. The lowest BCUT2D eigenvalue weighted by molar-refractivity contribution is -0.162. The van der Waals surface area contributed by atoms with Gasteiger partial charge in [0.15, 0.2) is 5.57 Å². The summed E-state index contributed by atoms with van der Waals surface area (Å²) in [5, 5.41) is 28.2. The highest BCUT2D eigenvalue weighted by Gasteiger charge is 2.43. The maximum atomic E-state index is 12.9. The van der Waals surface area contributed by atoms with Gasteiger partial charge in [-0.2, -0.15) is 42.1 Å². The Balaban J connectivity index is 3.61. The van der Waals surface area contributed by atoms with Crippen molar-refractivity contribution in [1.29, 1.82) is 15.8 Å². The third-order valence-electron chi connectivity index (χ3n) is 2.56. The molecule has 0 saturated heterocycles. The second-order valence-corrected chi connectivity index (χ2v) is 4.94. The van der Waals surface area contributed by atoms with Crippen LogP contribution in [0.5, 0.6) is 0 Å². The highest BCUT2D eigenvalue weighted by Crippen LogP contribution is 2.43. The van der Waals surface area contributed by atoms with Gasteiger partial charge in [0, 0.05) is 4.47 Å². The predicted octanol–water partition coefficient (Wildman–Crippen LogP) is 4.72. The maximum absolute atomic E-state index is 12.9. The molecule has 0 aromatic heterocycles. The van der Waals surface area contributed by atoms with Crippen molar-refractivity contribution in [2.75, 3.05) is 5.32 Å². The van der Waals surface area contributed by atoms with Gasteiger partial charge in [-0.05, 0) is 28.1 Å². The van der Waals surface area contributed by atoms with E-state index in [1.54, 1.807) is 0 Å². The van der Waals surface area contributed by atoms with Crippen LogP contribution in [0.15, 0.2) is 27.9 Å². The zero-order chi connectivity index (χ0) is 18.7. The number of anilines is 1. The van der Waals surface area contributed by atoms with Gasteiger partial charge in [0.05, 0.1) is 16.8 Å². The largest absolute Gasteiger partial charge is 0.417 e. The third-order valence-corrected chi connectivity index (χ3v) is 3.22. The molecule has 0 bridgehead atoms. The number of allylic oxidation sites excluding steroid dienone is 2. The van der Waals surface area contributed by atoms with Crippen LogP contribution in [0, 0.1) is 34.0 Å². The van der Waals surface area contributed by atoms with Crippen molar-refractivity contribution in [2.45, 2.75) is 12.4 Å². The van der Waals surface area contributed by atoms with Crippen LogP contribution in [0.25, 0.3) is 0 Å². The molecule has 1 rings (SSSR count). The zero-order valence-corrected chi connectivity index (χ0v) is 12.7. The van der Waals surface area contributed by atoms with E-state index in [4.69, 9.17) is 15.8 Å². The van der Waals surface area contributed by atoms with Gasteiger partial charge in [-0.1, -0.05) is 0 Å². The van der Waals surface area contributed by atoms with E-state index >= 15 is 0 Å². The van der Waals surface area contributed by atoms with Crippen LogP contribution in [-0.2, 0) is 12.4 Å². The molecule has 0 unspecified atom stereocenters. The summed E-state index contributed by atoms with van der Waals surface area (Å²) in [5.74, 6) is 0. The van der Waals surface area contributed by atoms with Gasteiger partial charge in [-0.15, -0.1) is 0 Å². The maximum Gasteiger partial charge on any atom is 0.417 e. The Morgan fingerprint density at radius 3 is 1.71 bits per heavy atom. The van der Waals surface area contributed by atoms with Gasteiger partial charge in [0.2, 0.25) is 0 Å². The van der Waals surface area contributed by atoms with E-state index in [-0.39, 0.29) is 12.1 Å². The molecule has 1 N–H and O–H groups in total. The number of nitrogens with one attached hydrogen (secondary N) is 1. The number of alkyl halides is 6. The molecule has 0 saturated carbocycles. The van der Waals surface area contributed by atoms with Gasteiger partial charge in [0.25, 0.3) is 0 Å². The van der Waals surface area contributed by atoms with Crippen molar-refractivity contribution in [3.05, 3.63) is 39.0 Å². The van der Waals surface area contributed by atoms with E-state index in [2.05, 4.69) is 15.9 Å². The fourth-order valence-corrected chi connectivity index (χ4v) is 2.00. The summed E-state index contributed by atoms with van der Waals surface area (Å²) in [4.78, 5) is 0. The quantitative estimate of drug-likeness (QED) is 0.566. The summed E-state index contributed by atoms with van der Waals surface area (Å²) in [6.45, 7) is 0. The molecule has 0 fully saturated rings. The average molecular weight is 409 g/mol. The minimum absolute atomic E-state index is 0.136. The van der Waals surface area contributed by atoms with Crippen LogP contribution >= 0.6 is 15.9 Å². The summed E-state index contributed by atoms with van der Waals surface area (Å²) >= 11 is 2.66. The Morgan fingerprint density at radius 1 is 0.875 bits per heavy atom. The molecule has 0 radical (unpaired) electrons. The lowest BCUT2D eigenvalue weighted by Gasteiger charge is -2.18. The normalized spacial score (nSPS) is 11.0. The number of hydrogen-bond acceptors (Lipinski definition) is 4. The Kier molecular flexibility index (Phi) is 5.49. The van der Waals surface area contributed by atoms with E-state index < -0.39 is 44.9 Å². The summed E-state index contributed by atoms with van der Waals surface area (Å²) < 4.78 is 76.5. The smallest absolute Gasteiger partial charge is 0.344 e. The lowest BCUT2D eigenvalue weighted by Crippen LogP contribution is -2.17. The number of halogens is 7. The van der Waals surface area contributed by atoms with Crippen LogP contribution in [0.4, 0.5) is 32.0 Å². The molecule has 124 valence electrons. The first-order valence-electron chi connectivity index (χ1n) is 5.65. The number of nitriles is 3. The number of benzene rings is 1. The molecule has 0 spiro atoms. The number of nitrogens with zero attached hydrogens (tertiary/aromatic N) is 3. The fraction of sp³-hybridized carbons (Fsp3) is 0.154. The monoisotopic (exact) mass is 408 g/mol. The standard InChI is InChI=1S/C13H3BrF6N4/c14-9-1-7(12(15,16)17)8(13(18,19)20)2-10(9)24-11(5-23)6(3-21)4-22/h1-2,24H. The van der Waals surface area contributed by atoms with Crippen molar-refractivity contribution in [1.82, 2.24) is 0 Å². The SMILES string of the molecule is N#CC(C#N)=C(C#N)Nc1cc(C(F)(F)F)c(C(F)(F)F)cc1Br. The highest BCUT2D eigenvalue weighted by molar-refractivity contribution is 9.10. The Hall–Kier alpha value is -2.71. The second kappa shape index (κ2) is 6.81. The number of rotatable bonds is 2. The summed E-state index contributed by atoms with van der Waals surface area (Å²) in [6, 6.07) is 4.39. The van der Waals surface area contributed by atoms with Crippen molar-refractivity contribution in [2.24, 2.45) is 0 Å². The topological polar surface area (TPSA) is 83.4 Å². The third kappa shape index (κ3) is 4.18. The van der Waals surface area contributed by atoms with Gasteiger partial charge in [-0.25, -0.2) is 0 Å². The molecule has 24 heavy (non-hydrogen) atoms. The van der Waals surface area contributed by atoms with E-state index in [1.807, 2.05) is 5.32 Å². The predicted molar refractivity (Wildman–Crippen MR) is 71.6 cm³/mol. The van der Waals surface area contributed by atoms with E-state index in [0.717, 1.165) is 0 Å². The molecular formula is C13H3BrF6N4. The molecule has 0 amide bonds. The van der Waals surface area contributed by atoms with E-state index in [9.17, 15) is 26.3 Å². The van der Waals surface area contributed by atoms with Crippen LogP contribution in [0.2, 0.25) is 0 Å². The molecule has 11 heteroatoms. The molecule has 0 aliphatic carbocycles. The van der Waals surface area contributed by atoms with Crippen LogP contribution < -0.4 is 5.32 Å². The van der Waals surface area contributed by atoms with Gasteiger partial charge >= 0.3 is 12.4 Å². The first-order chi connectivity index (χ1) is 11.0. The highest BCUT2D eigenvalue weighted by atomic mass is 79.9. The molecule has 1 aromatic carbocycles. The Bertz CT molecular complexity index is 802. The molecule has 0 aliphatic rings. The first-order valence-corrected chi connectivity index (χ1v) is 6.44. The minimum Gasteiger partial charge on any atom is -0.344 e. The van der Waals surface area contributed by atoms with Crippen molar-refractivity contribution >= 4 is 21.6 Å². The molecular weight excluding hydrogens is 406 g/mol. The minimum atomic E-state index is -5.31. The van der Waals surface area contributed by atoms with E-state index in [1.165, 1.54) is 18.2 Å². The summed E-state index contributed by atoms with van der Waals surface area (Å²) in [5.41, 5.74) is -5.90. The molecule has 1 aromatic rings. The van der Waals surface area contributed by atoms with Crippen LogP contribution in [-0.4, -0.2) is 0 Å². The van der Waals surface area contributed by atoms with Gasteiger partial charge in [0.1, 0.15) is 23.9 Å². The van der Waals surface area contributed by atoms with Crippen molar-refractivity contribution < 1.29 is 26.3 Å². The molecule has 0 atom stereocenters. The molecule has 4 nitrogen and oxygen atoms in total. The molecule has 0 aliphatic heterocycles. The summed E-state index contributed by atoms with van der Waals surface area (Å²) in [6.07, 6.45) is -10.6. The van der Waals surface area contributed by atoms with Crippen LogP contribution in [0.1, 0.15) is 11.1 Å². The van der Waals surface area contributed by atoms with E-state index in [0.29, 0.717) is 0 Å². The van der Waals surface area contributed by atoms with Crippen molar-refractivity contribution in [3.63, 3.8) is 0 Å². The van der Waals surface area contributed by atoms with Gasteiger partial charge in [-0.3, -0.25) is 0 Å². The fourth-order valence-electron chi connectivity index (χ4n) is 1.56. The lowest BCUT2D eigenvalue weighted by atomic mass is 10.1. The van der Waals surface area contributed by atoms with Crippen molar-refractivity contribution in [3.8, 4) is 18.2 Å². The average Bonchev–Trinajstić information content (AvgIpc) is 2.46. The molecule has 0 heterocycles. The Labute approximate surface area is 139 Å². The van der Waals surface area contributed by atoms with Gasteiger partial charge < -0.3 is 5.32 Å². The summed E-state index contributed by atoms with van der Waals surface area (Å²) in [7, 11) is 0.